The summed E-state index contributed by atoms with van der Waals surface area (Å²) in [4.78, 5) is 4.89. The van der Waals surface area contributed by atoms with E-state index < -0.39 is 0 Å². The molecule has 0 aromatic heterocycles. The van der Waals surface area contributed by atoms with Crippen LogP contribution >= 0.6 is 0 Å². The van der Waals surface area contributed by atoms with Gasteiger partial charge in [-0.05, 0) is 11.1 Å². The molecule has 0 bridgehead atoms. The molecule has 0 amide bonds. The highest BCUT2D eigenvalue weighted by molar-refractivity contribution is 5.23. The highest BCUT2D eigenvalue weighted by atomic mass is 16.6. The molecule has 3 atom stereocenters. The Morgan fingerprint density at radius 2 is 1.38 bits per heavy atom. The Kier molecular flexibility index (Phi) is 6.20. The van der Waals surface area contributed by atoms with E-state index in [-0.39, 0.29) is 0 Å². The summed E-state index contributed by atoms with van der Waals surface area (Å²) in [6.07, 6.45) is 1.24. The number of hydrogen-bond acceptors (Lipinski definition) is 6. The number of benzene rings is 1. The fourth-order valence-electron chi connectivity index (χ4n) is 3.39. The smallest absolute Gasteiger partial charge is 0.0936 e. The Labute approximate surface area is 155 Å². The molecule has 0 saturated carbocycles. The lowest BCUT2D eigenvalue weighted by Crippen LogP contribution is -2.32. The van der Waals surface area contributed by atoms with Crippen LogP contribution in [0.2, 0.25) is 0 Å². The van der Waals surface area contributed by atoms with Crippen molar-refractivity contribution >= 4 is 0 Å². The highest BCUT2D eigenvalue weighted by Crippen LogP contribution is 2.19. The van der Waals surface area contributed by atoms with Crippen LogP contribution in [0.15, 0.2) is 24.3 Å². The average Bonchev–Trinajstić information content (AvgIpc) is 3.45. The second-order valence-electron chi connectivity index (χ2n) is 7.61. The molecule has 3 heterocycles. The number of nitrogens with zero attached hydrogens (tertiary/aromatic N) is 2. The van der Waals surface area contributed by atoms with E-state index in [0.29, 0.717) is 18.3 Å². The van der Waals surface area contributed by atoms with Crippen LogP contribution in [0.4, 0.5) is 0 Å². The number of hydrogen-bond donors (Lipinski definition) is 0. The quantitative estimate of drug-likeness (QED) is 0.491. The molecule has 6 heteroatoms. The van der Waals surface area contributed by atoms with Gasteiger partial charge in [0.15, 0.2) is 0 Å². The van der Waals surface area contributed by atoms with Crippen molar-refractivity contribution in [2.24, 2.45) is 0 Å². The van der Waals surface area contributed by atoms with Gasteiger partial charge in [0.25, 0.3) is 0 Å². The van der Waals surface area contributed by atoms with Crippen LogP contribution in [0, 0.1) is 0 Å². The second-order valence-corrected chi connectivity index (χ2v) is 7.61. The molecule has 1 aromatic rings. The predicted molar refractivity (Wildman–Crippen MR) is 98.1 cm³/mol. The lowest BCUT2D eigenvalue weighted by Gasteiger charge is -2.23. The van der Waals surface area contributed by atoms with Gasteiger partial charge in [-0.2, -0.15) is 0 Å². The Morgan fingerprint density at radius 3 is 1.88 bits per heavy atom. The maximum absolute atomic E-state index is 5.42. The van der Waals surface area contributed by atoms with E-state index in [4.69, 9.17) is 18.9 Å². The lowest BCUT2D eigenvalue weighted by molar-refractivity contribution is 0.138. The van der Waals surface area contributed by atoms with Crippen LogP contribution < -0.4 is 0 Å². The van der Waals surface area contributed by atoms with Gasteiger partial charge in [-0.1, -0.05) is 24.3 Å². The summed E-state index contributed by atoms with van der Waals surface area (Å²) in [6, 6.07) is 8.95. The van der Waals surface area contributed by atoms with Crippen molar-refractivity contribution in [3.05, 3.63) is 35.4 Å². The second kappa shape index (κ2) is 8.78. The van der Waals surface area contributed by atoms with Crippen LogP contribution in [0.1, 0.15) is 11.1 Å². The molecule has 3 unspecified atom stereocenters. The van der Waals surface area contributed by atoms with Gasteiger partial charge in [0.1, 0.15) is 0 Å². The molecule has 6 nitrogen and oxygen atoms in total. The summed E-state index contributed by atoms with van der Waals surface area (Å²) in [7, 11) is 1.76. The summed E-state index contributed by atoms with van der Waals surface area (Å²) in [5.41, 5.74) is 2.71. The van der Waals surface area contributed by atoms with E-state index >= 15 is 0 Å². The Balaban J connectivity index is 1.34. The molecule has 0 radical (unpaired) electrons. The summed E-state index contributed by atoms with van der Waals surface area (Å²) in [5.74, 6) is 0. The SMILES string of the molecule is COCCN(Cc1cccc(CN(CC2CO2)CC2CO2)c1)CC1CO1. The molecule has 0 spiro atoms. The van der Waals surface area contributed by atoms with Gasteiger partial charge in [0, 0.05) is 46.4 Å². The summed E-state index contributed by atoms with van der Waals surface area (Å²) < 4.78 is 21.5. The third kappa shape index (κ3) is 6.30. The number of ether oxygens (including phenoxy) is 4. The van der Waals surface area contributed by atoms with Gasteiger partial charge in [0.05, 0.1) is 44.7 Å². The van der Waals surface area contributed by atoms with Gasteiger partial charge in [0.2, 0.25) is 0 Å². The summed E-state index contributed by atoms with van der Waals surface area (Å²) in [6.45, 7) is 9.27. The zero-order valence-electron chi connectivity index (χ0n) is 15.6. The van der Waals surface area contributed by atoms with Crippen LogP contribution in [-0.4, -0.2) is 87.8 Å². The lowest BCUT2D eigenvalue weighted by atomic mass is 10.1. The first kappa shape index (κ1) is 18.3. The molecular weight excluding hydrogens is 332 g/mol. The van der Waals surface area contributed by atoms with Gasteiger partial charge in [-0.15, -0.1) is 0 Å². The van der Waals surface area contributed by atoms with Crippen molar-refractivity contribution in [1.82, 2.24) is 9.80 Å². The van der Waals surface area contributed by atoms with Gasteiger partial charge in [-0.3, -0.25) is 9.80 Å². The first-order valence-corrected chi connectivity index (χ1v) is 9.65. The van der Waals surface area contributed by atoms with Crippen LogP contribution in [0.5, 0.6) is 0 Å². The average molecular weight is 362 g/mol. The molecule has 0 N–H and O–H groups in total. The first-order valence-electron chi connectivity index (χ1n) is 9.65. The third-order valence-electron chi connectivity index (χ3n) is 5.01. The minimum atomic E-state index is 0.405. The van der Waals surface area contributed by atoms with Crippen LogP contribution in [0.3, 0.4) is 0 Å². The zero-order chi connectivity index (χ0) is 17.8. The number of methoxy groups -OCH3 is 1. The zero-order valence-corrected chi connectivity index (χ0v) is 15.6. The van der Waals surface area contributed by atoms with Gasteiger partial charge in [-0.25, -0.2) is 0 Å². The minimum absolute atomic E-state index is 0.405. The third-order valence-corrected chi connectivity index (χ3v) is 5.01. The van der Waals surface area contributed by atoms with Gasteiger partial charge >= 0.3 is 0 Å². The topological polar surface area (TPSA) is 53.3 Å². The van der Waals surface area contributed by atoms with Gasteiger partial charge < -0.3 is 18.9 Å². The van der Waals surface area contributed by atoms with E-state index in [2.05, 4.69) is 34.1 Å². The Hall–Kier alpha value is -1.02. The van der Waals surface area contributed by atoms with E-state index in [1.54, 1.807) is 7.11 Å². The van der Waals surface area contributed by atoms with E-state index in [1.165, 1.54) is 11.1 Å². The molecule has 4 rings (SSSR count). The summed E-state index contributed by atoms with van der Waals surface area (Å²) in [5, 5.41) is 0. The van der Waals surface area contributed by atoms with E-state index in [9.17, 15) is 0 Å². The molecule has 3 fully saturated rings. The minimum Gasteiger partial charge on any atom is -0.383 e. The monoisotopic (exact) mass is 362 g/mol. The molecule has 3 saturated heterocycles. The molecule has 0 aliphatic carbocycles. The van der Waals surface area contributed by atoms with Crippen LogP contribution in [-0.2, 0) is 32.0 Å². The maximum atomic E-state index is 5.42. The van der Waals surface area contributed by atoms with Crippen molar-refractivity contribution in [1.29, 1.82) is 0 Å². The standard InChI is InChI=1S/C20H30N2O4/c1-23-6-5-21(10-18-13-24-18)8-16-3-2-4-17(7-16)9-22(11-19-14-25-19)12-20-15-26-20/h2-4,7,18-20H,5-6,8-15H2,1H3. The fraction of sp³-hybridized carbons (Fsp3) is 0.700. The fourth-order valence-corrected chi connectivity index (χ4v) is 3.39. The largest absolute Gasteiger partial charge is 0.383 e. The van der Waals surface area contributed by atoms with Crippen LogP contribution in [0.25, 0.3) is 0 Å². The Morgan fingerprint density at radius 1 is 0.885 bits per heavy atom. The molecule has 3 aliphatic rings. The van der Waals surface area contributed by atoms with Crippen molar-refractivity contribution in [3.8, 4) is 0 Å². The van der Waals surface area contributed by atoms with Crippen molar-refractivity contribution < 1.29 is 18.9 Å². The molecule has 144 valence electrons. The molecule has 26 heavy (non-hydrogen) atoms. The van der Waals surface area contributed by atoms with Crippen molar-refractivity contribution in [2.75, 3.05) is 59.7 Å². The molecule has 3 aliphatic heterocycles. The normalized spacial score (nSPS) is 26.5. The number of rotatable bonds is 13. The van der Waals surface area contributed by atoms with Crippen molar-refractivity contribution in [3.63, 3.8) is 0 Å². The van der Waals surface area contributed by atoms with Crippen molar-refractivity contribution in [2.45, 2.75) is 31.4 Å². The van der Waals surface area contributed by atoms with E-state index in [1.807, 2.05) is 0 Å². The maximum Gasteiger partial charge on any atom is 0.0936 e. The Bertz CT molecular complexity index is 559. The number of epoxide rings is 3. The van der Waals surface area contributed by atoms with E-state index in [0.717, 1.165) is 65.7 Å². The molecular formula is C20H30N2O4. The molecule has 1 aromatic carbocycles. The highest BCUT2D eigenvalue weighted by Gasteiger charge is 2.30. The predicted octanol–water partition coefficient (Wildman–Crippen LogP) is 1.13. The summed E-state index contributed by atoms with van der Waals surface area (Å²) >= 11 is 0. The first-order chi connectivity index (χ1) is 12.8.